The summed E-state index contributed by atoms with van der Waals surface area (Å²) >= 11 is 0. The number of benzene rings is 14. The van der Waals surface area contributed by atoms with Gasteiger partial charge in [-0.2, -0.15) is 0 Å². The zero-order chi connectivity index (χ0) is 60.5. The minimum Gasteiger partial charge on any atom is -0.309 e. The molecule has 0 spiro atoms. The summed E-state index contributed by atoms with van der Waals surface area (Å²) in [5.41, 5.74) is 21.6. The van der Waals surface area contributed by atoms with E-state index in [0.717, 1.165) is 127 Å². The van der Waals surface area contributed by atoms with E-state index in [-0.39, 0.29) is 0 Å². The Balaban J connectivity index is 0.902. The second-order valence-corrected chi connectivity index (χ2v) is 23.9. The predicted octanol–water partition coefficient (Wildman–Crippen LogP) is 22.4. The van der Waals surface area contributed by atoms with Crippen LogP contribution in [0, 0.1) is 6.57 Å². The van der Waals surface area contributed by atoms with Gasteiger partial charge in [0.2, 0.25) is 0 Å². The molecule has 0 amide bonds. The highest BCUT2D eigenvalue weighted by Crippen LogP contribution is 2.48. The van der Waals surface area contributed by atoms with Crippen LogP contribution in [0.15, 0.2) is 309 Å². The Hall–Kier alpha value is -12.6. The number of nitrogens with zero attached hydrogens (tertiary/aromatic N) is 7. The molecule has 19 rings (SSSR count). The minimum atomic E-state index is 0.549. The van der Waals surface area contributed by atoms with E-state index in [9.17, 15) is 0 Å². The summed E-state index contributed by atoms with van der Waals surface area (Å²) in [6, 6.07) is 111. The number of rotatable bonds is 8. The molecule has 0 aliphatic rings. The Kier molecular flexibility index (Phi) is 11.3. The van der Waals surface area contributed by atoms with E-state index in [2.05, 4.69) is 314 Å². The van der Waals surface area contributed by atoms with Crippen molar-refractivity contribution in [2.24, 2.45) is 0 Å². The topological polar surface area (TPSA) is 49.9 Å². The number of para-hydroxylation sites is 6. The summed E-state index contributed by atoms with van der Waals surface area (Å²) in [5.74, 6) is 0.574. The molecule has 7 nitrogen and oxygen atoms in total. The molecule has 7 heteroatoms. The lowest BCUT2D eigenvalue weighted by Gasteiger charge is -2.17. The summed E-state index contributed by atoms with van der Waals surface area (Å²) in [6.07, 6.45) is 0. The van der Waals surface area contributed by atoms with Crippen molar-refractivity contribution in [3.63, 3.8) is 0 Å². The lowest BCUT2D eigenvalue weighted by atomic mass is 9.95. The molecule has 0 atom stereocenters. The van der Waals surface area contributed by atoms with Crippen LogP contribution in [0.1, 0.15) is 0 Å². The zero-order valence-corrected chi connectivity index (χ0v) is 49.6. The van der Waals surface area contributed by atoms with E-state index in [1.54, 1.807) is 0 Å². The molecular weight excluding hydrogens is 1120 g/mol. The molecule has 5 heterocycles. The van der Waals surface area contributed by atoms with Crippen molar-refractivity contribution in [1.29, 1.82) is 0 Å². The normalized spacial score (nSPS) is 11.9. The van der Waals surface area contributed by atoms with E-state index >= 15 is 0 Å². The average molecular weight is 1170 g/mol. The fraction of sp³-hybridized carbons (Fsp3) is 0. The standard InChI is InChI=1S/C85H51N7/c1-86-56-25-18-24-54(49-56)84-83-61-30-9-8-23-53(61)47-48-70(83)87-85(88-84)55-50-59(91-73-41-16-12-33-68(73)81-64(37-21-45-77(81)91)62-35-19-43-75-79(62)66-31-10-14-39-71(66)89(75)57-26-4-2-5-27-57)52-60(51-55)92-74-42-17-13-34-69(74)82-65(38-22-46-78(82)92)63-36-20-44-76-80(63)67-32-11-15-40-72(67)90(76)58-28-6-3-7-29-58/h2-52H. The molecule has 19 aromatic rings. The van der Waals surface area contributed by atoms with Crippen molar-refractivity contribution in [1.82, 2.24) is 28.2 Å². The Morgan fingerprint density at radius 3 is 1.09 bits per heavy atom. The molecule has 426 valence electrons. The Bertz CT molecular complexity index is 6040. The summed E-state index contributed by atoms with van der Waals surface area (Å²) < 4.78 is 9.70. The van der Waals surface area contributed by atoms with Crippen molar-refractivity contribution in [3.05, 3.63) is 321 Å². The molecule has 0 unspecified atom stereocenters. The highest BCUT2D eigenvalue weighted by molar-refractivity contribution is 6.24. The molecule has 0 aliphatic heterocycles. The lowest BCUT2D eigenvalue weighted by molar-refractivity contribution is 1.13. The average Bonchev–Trinajstić information content (AvgIpc) is 1.54. The quantitative estimate of drug-likeness (QED) is 0.112. The lowest BCUT2D eigenvalue weighted by Crippen LogP contribution is -2.02. The van der Waals surface area contributed by atoms with E-state index in [1.165, 1.54) is 43.4 Å². The van der Waals surface area contributed by atoms with Crippen LogP contribution in [0.4, 0.5) is 5.69 Å². The van der Waals surface area contributed by atoms with Crippen LogP contribution in [0.3, 0.4) is 0 Å². The summed E-state index contributed by atoms with van der Waals surface area (Å²) in [4.78, 5) is 15.2. The highest BCUT2D eigenvalue weighted by atomic mass is 15.0. The van der Waals surface area contributed by atoms with Gasteiger partial charge in [-0.1, -0.05) is 206 Å². The zero-order valence-electron chi connectivity index (χ0n) is 49.6. The van der Waals surface area contributed by atoms with E-state index in [4.69, 9.17) is 16.5 Å². The number of hydrogen-bond acceptors (Lipinski definition) is 2. The molecule has 92 heavy (non-hydrogen) atoms. The SMILES string of the molecule is [C-]#[N+]c1cccc(-c2nc(-c3cc(-n4c5ccccc5c5c(-c6cccc7c6c6ccccc6n7-c6ccccc6)cccc54)cc(-n4c5ccccc5c5c(-c6cccc7c6c6ccccc6n7-c6ccccc6)cccc54)c3)nc3ccc4ccccc4c23)c1. The van der Waals surface area contributed by atoms with Crippen molar-refractivity contribution < 1.29 is 0 Å². The molecule has 0 N–H and O–H groups in total. The van der Waals surface area contributed by atoms with Gasteiger partial charge in [-0.05, 0) is 142 Å². The first-order valence-electron chi connectivity index (χ1n) is 31.2. The third-order valence-corrected chi connectivity index (χ3v) is 18.9. The molecule has 0 fully saturated rings. The molecular formula is C85H51N7. The maximum absolute atomic E-state index is 8.10. The Morgan fingerprint density at radius 1 is 0.261 bits per heavy atom. The van der Waals surface area contributed by atoms with E-state index < -0.39 is 0 Å². The van der Waals surface area contributed by atoms with Crippen LogP contribution in [-0.4, -0.2) is 28.2 Å². The first-order chi connectivity index (χ1) is 45.6. The van der Waals surface area contributed by atoms with Gasteiger partial charge in [0.05, 0.1) is 61.9 Å². The maximum atomic E-state index is 8.10. The molecule has 0 aliphatic carbocycles. The largest absolute Gasteiger partial charge is 0.309 e. The van der Waals surface area contributed by atoms with Gasteiger partial charge in [0, 0.05) is 76.8 Å². The summed E-state index contributed by atoms with van der Waals surface area (Å²) in [6.45, 7) is 8.10. The molecule has 0 saturated heterocycles. The van der Waals surface area contributed by atoms with Crippen LogP contribution < -0.4 is 0 Å². The minimum absolute atomic E-state index is 0.549. The van der Waals surface area contributed by atoms with Gasteiger partial charge in [0.1, 0.15) is 0 Å². The van der Waals surface area contributed by atoms with E-state index in [1.807, 2.05) is 18.2 Å². The number of hydrogen-bond donors (Lipinski definition) is 0. The third kappa shape index (κ3) is 7.62. The van der Waals surface area contributed by atoms with Crippen LogP contribution in [0.25, 0.3) is 181 Å². The van der Waals surface area contributed by atoms with Crippen LogP contribution in [0.5, 0.6) is 0 Å². The van der Waals surface area contributed by atoms with Crippen molar-refractivity contribution in [2.75, 3.05) is 0 Å². The fourth-order valence-corrected chi connectivity index (χ4v) is 15.2. The molecule has 0 saturated carbocycles. The fourth-order valence-electron chi connectivity index (χ4n) is 15.2. The molecule has 14 aromatic carbocycles. The first-order valence-corrected chi connectivity index (χ1v) is 31.2. The molecule has 0 radical (unpaired) electrons. The second kappa shape index (κ2) is 20.2. The number of fused-ring (bicyclic) bond motifs is 15. The third-order valence-electron chi connectivity index (χ3n) is 18.9. The molecule has 5 aromatic heterocycles. The number of aromatic nitrogens is 6. The van der Waals surface area contributed by atoms with Gasteiger partial charge in [-0.3, -0.25) is 0 Å². The highest BCUT2D eigenvalue weighted by Gasteiger charge is 2.26. The van der Waals surface area contributed by atoms with Gasteiger partial charge in [0.25, 0.3) is 0 Å². The van der Waals surface area contributed by atoms with Crippen molar-refractivity contribution in [3.8, 4) is 67.6 Å². The molecule has 0 bridgehead atoms. The van der Waals surface area contributed by atoms with Gasteiger partial charge < -0.3 is 18.3 Å². The van der Waals surface area contributed by atoms with Gasteiger partial charge >= 0.3 is 0 Å². The predicted molar refractivity (Wildman–Crippen MR) is 382 cm³/mol. The van der Waals surface area contributed by atoms with Gasteiger partial charge in [0.15, 0.2) is 11.5 Å². The summed E-state index contributed by atoms with van der Waals surface area (Å²) in [5, 5.41) is 12.5. The maximum Gasteiger partial charge on any atom is 0.187 e. The van der Waals surface area contributed by atoms with Crippen LogP contribution in [-0.2, 0) is 0 Å². The Labute approximate surface area is 528 Å². The van der Waals surface area contributed by atoms with Gasteiger partial charge in [-0.25, -0.2) is 14.8 Å². The van der Waals surface area contributed by atoms with Crippen molar-refractivity contribution >= 4 is 115 Å². The van der Waals surface area contributed by atoms with Crippen molar-refractivity contribution in [2.45, 2.75) is 0 Å². The first kappa shape index (κ1) is 51.4. The summed E-state index contributed by atoms with van der Waals surface area (Å²) in [7, 11) is 0. The monoisotopic (exact) mass is 1170 g/mol. The van der Waals surface area contributed by atoms with Gasteiger partial charge in [-0.15, -0.1) is 0 Å². The Morgan fingerprint density at radius 2 is 0.641 bits per heavy atom. The smallest absolute Gasteiger partial charge is 0.187 e. The van der Waals surface area contributed by atoms with E-state index in [0.29, 0.717) is 11.5 Å². The van der Waals surface area contributed by atoms with Crippen LogP contribution in [0.2, 0.25) is 0 Å². The second-order valence-electron chi connectivity index (χ2n) is 23.9. The van der Waals surface area contributed by atoms with Crippen LogP contribution >= 0.6 is 0 Å².